The molecule has 1 aromatic carbocycles. The van der Waals surface area contributed by atoms with E-state index in [2.05, 4.69) is 9.88 Å². The van der Waals surface area contributed by atoms with Crippen LogP contribution < -0.4 is 15.5 Å². The molecule has 0 saturated carbocycles. The molecule has 0 spiro atoms. The Hall–Kier alpha value is -2.44. The van der Waals surface area contributed by atoms with Gasteiger partial charge in [-0.3, -0.25) is 4.57 Å². The molecule has 1 unspecified atom stereocenters. The molecule has 2 aliphatic heterocycles. The zero-order chi connectivity index (χ0) is 17.6. The molecule has 0 radical (unpaired) electrons. The summed E-state index contributed by atoms with van der Waals surface area (Å²) in [4.78, 5) is 20.6. The first-order valence-electron chi connectivity index (χ1n) is 8.56. The number of fused-ring (bicyclic) bond motifs is 3. The SMILES string of the molecule is CN(Cc1cc(F)cc(F)c1)c1cc2n(c(=O)n1)CC1CCCCN21. The van der Waals surface area contributed by atoms with Crippen molar-refractivity contribution in [1.29, 1.82) is 0 Å². The van der Waals surface area contributed by atoms with Gasteiger partial charge in [0.1, 0.15) is 23.3 Å². The average Bonchev–Trinajstić information content (AvgIpc) is 2.93. The van der Waals surface area contributed by atoms with Crippen molar-refractivity contribution in [1.82, 2.24) is 9.55 Å². The number of aromatic nitrogens is 2. The van der Waals surface area contributed by atoms with Gasteiger partial charge in [0, 0.05) is 44.9 Å². The third-order valence-electron chi connectivity index (χ3n) is 5.02. The molecule has 0 bridgehead atoms. The highest BCUT2D eigenvalue weighted by Gasteiger charge is 2.32. The highest BCUT2D eigenvalue weighted by molar-refractivity contribution is 5.54. The van der Waals surface area contributed by atoms with Crippen LogP contribution in [-0.4, -0.2) is 29.2 Å². The molecule has 2 aromatic rings. The summed E-state index contributed by atoms with van der Waals surface area (Å²) in [6.07, 6.45) is 3.41. The number of rotatable bonds is 3. The van der Waals surface area contributed by atoms with Crippen molar-refractivity contribution >= 4 is 11.6 Å². The first-order chi connectivity index (χ1) is 12.0. The molecule has 1 atom stereocenters. The van der Waals surface area contributed by atoms with E-state index in [1.165, 1.54) is 18.6 Å². The highest BCUT2D eigenvalue weighted by atomic mass is 19.1. The zero-order valence-corrected chi connectivity index (χ0v) is 14.1. The molecule has 7 heteroatoms. The fourth-order valence-corrected chi connectivity index (χ4v) is 3.85. The third-order valence-corrected chi connectivity index (χ3v) is 5.02. The monoisotopic (exact) mass is 346 g/mol. The van der Waals surface area contributed by atoms with E-state index in [0.717, 1.165) is 31.3 Å². The van der Waals surface area contributed by atoms with Crippen molar-refractivity contribution < 1.29 is 8.78 Å². The summed E-state index contributed by atoms with van der Waals surface area (Å²) < 4.78 is 28.5. The van der Waals surface area contributed by atoms with Gasteiger partial charge in [-0.25, -0.2) is 13.6 Å². The van der Waals surface area contributed by atoms with E-state index in [0.29, 0.717) is 24.0 Å². The van der Waals surface area contributed by atoms with E-state index >= 15 is 0 Å². The molecule has 0 amide bonds. The minimum Gasteiger partial charge on any atom is -0.355 e. The predicted octanol–water partition coefficient (Wildman–Crippen LogP) is 2.53. The Labute approximate surface area is 144 Å². The highest BCUT2D eigenvalue weighted by Crippen LogP contribution is 2.32. The van der Waals surface area contributed by atoms with Gasteiger partial charge in [0.15, 0.2) is 0 Å². The number of halogens is 2. The maximum absolute atomic E-state index is 13.4. The second-order valence-electron chi connectivity index (χ2n) is 6.84. The van der Waals surface area contributed by atoms with Gasteiger partial charge in [-0.2, -0.15) is 4.98 Å². The molecule has 2 aliphatic rings. The Morgan fingerprint density at radius 2 is 1.96 bits per heavy atom. The number of nitrogens with zero attached hydrogens (tertiary/aromatic N) is 4. The Morgan fingerprint density at radius 1 is 1.20 bits per heavy atom. The van der Waals surface area contributed by atoms with Crippen LogP contribution >= 0.6 is 0 Å². The smallest absolute Gasteiger partial charge is 0.351 e. The van der Waals surface area contributed by atoms with Crippen LogP contribution in [0.25, 0.3) is 0 Å². The first kappa shape index (κ1) is 16.1. The van der Waals surface area contributed by atoms with Crippen molar-refractivity contribution in [2.24, 2.45) is 0 Å². The van der Waals surface area contributed by atoms with Crippen LogP contribution in [0.1, 0.15) is 24.8 Å². The summed E-state index contributed by atoms with van der Waals surface area (Å²) >= 11 is 0. The minimum absolute atomic E-state index is 0.265. The first-order valence-corrected chi connectivity index (χ1v) is 8.56. The molecule has 4 rings (SSSR count). The second kappa shape index (κ2) is 6.13. The lowest BCUT2D eigenvalue weighted by Crippen LogP contribution is -2.36. The maximum Gasteiger partial charge on any atom is 0.351 e. The van der Waals surface area contributed by atoms with Crippen LogP contribution in [-0.2, 0) is 13.1 Å². The molecule has 0 aliphatic carbocycles. The van der Waals surface area contributed by atoms with Crippen LogP contribution in [0.15, 0.2) is 29.1 Å². The van der Waals surface area contributed by atoms with Gasteiger partial charge in [0.05, 0.1) is 0 Å². The molecule has 25 heavy (non-hydrogen) atoms. The Bertz CT molecular complexity index is 846. The Kier molecular flexibility index (Phi) is 3.94. The maximum atomic E-state index is 13.4. The normalized spacial score (nSPS) is 18.8. The number of hydrogen-bond donors (Lipinski definition) is 0. The van der Waals surface area contributed by atoms with Crippen molar-refractivity contribution in [3.63, 3.8) is 0 Å². The molecule has 0 N–H and O–H groups in total. The number of benzene rings is 1. The van der Waals surface area contributed by atoms with Crippen LogP contribution in [0.4, 0.5) is 20.4 Å². The van der Waals surface area contributed by atoms with Gasteiger partial charge < -0.3 is 9.80 Å². The average molecular weight is 346 g/mol. The van der Waals surface area contributed by atoms with E-state index in [-0.39, 0.29) is 12.2 Å². The lowest BCUT2D eigenvalue weighted by Gasteiger charge is -2.30. The fourth-order valence-electron chi connectivity index (χ4n) is 3.85. The lowest BCUT2D eigenvalue weighted by molar-refractivity contribution is 0.458. The Morgan fingerprint density at radius 3 is 2.72 bits per heavy atom. The lowest BCUT2D eigenvalue weighted by atomic mass is 10.0. The fraction of sp³-hybridized carbons (Fsp3) is 0.444. The molecule has 3 heterocycles. The summed E-state index contributed by atoms with van der Waals surface area (Å²) in [6.45, 7) is 1.92. The summed E-state index contributed by atoms with van der Waals surface area (Å²) in [5.41, 5.74) is 0.234. The largest absolute Gasteiger partial charge is 0.355 e. The summed E-state index contributed by atoms with van der Waals surface area (Å²) in [6, 6.07) is 5.71. The molecule has 1 aromatic heterocycles. The van der Waals surface area contributed by atoms with Gasteiger partial charge in [0.2, 0.25) is 0 Å². The van der Waals surface area contributed by atoms with Crippen molar-refractivity contribution in [3.8, 4) is 0 Å². The molecule has 5 nitrogen and oxygen atoms in total. The van der Waals surface area contributed by atoms with Crippen LogP contribution in [0, 0.1) is 11.6 Å². The summed E-state index contributed by atoms with van der Waals surface area (Å²) in [7, 11) is 1.77. The standard InChI is InChI=1S/C18H20F2N4O/c1-22(10-12-6-13(19)8-14(20)7-12)16-9-17-23-5-3-2-4-15(23)11-24(17)18(25)21-16/h6-9,15H,2-5,10-11H2,1H3. The molecule has 1 saturated heterocycles. The van der Waals surface area contributed by atoms with Crippen LogP contribution in [0.2, 0.25) is 0 Å². The third kappa shape index (κ3) is 2.99. The van der Waals surface area contributed by atoms with Crippen molar-refractivity contribution in [3.05, 3.63) is 51.9 Å². The van der Waals surface area contributed by atoms with E-state index < -0.39 is 11.6 Å². The van der Waals surface area contributed by atoms with Gasteiger partial charge in [0.25, 0.3) is 0 Å². The van der Waals surface area contributed by atoms with Crippen molar-refractivity contribution in [2.45, 2.75) is 38.4 Å². The number of anilines is 2. The predicted molar refractivity (Wildman–Crippen MR) is 91.9 cm³/mol. The van der Waals surface area contributed by atoms with Crippen LogP contribution in [0.3, 0.4) is 0 Å². The van der Waals surface area contributed by atoms with E-state index in [4.69, 9.17) is 0 Å². The van der Waals surface area contributed by atoms with Gasteiger partial charge in [-0.1, -0.05) is 0 Å². The van der Waals surface area contributed by atoms with Gasteiger partial charge in [-0.05, 0) is 37.0 Å². The van der Waals surface area contributed by atoms with Crippen molar-refractivity contribution in [2.75, 3.05) is 23.4 Å². The number of hydrogen-bond acceptors (Lipinski definition) is 4. The molecule has 1 fully saturated rings. The molecular weight excluding hydrogens is 326 g/mol. The van der Waals surface area contributed by atoms with Gasteiger partial charge >= 0.3 is 5.69 Å². The molecular formula is C18H20F2N4O. The van der Waals surface area contributed by atoms with E-state index in [9.17, 15) is 13.6 Å². The van der Waals surface area contributed by atoms with E-state index in [1.54, 1.807) is 16.5 Å². The van der Waals surface area contributed by atoms with Crippen LogP contribution in [0.5, 0.6) is 0 Å². The molecule has 132 valence electrons. The quantitative estimate of drug-likeness (QED) is 0.856. The zero-order valence-electron chi connectivity index (χ0n) is 14.1. The topological polar surface area (TPSA) is 41.4 Å². The Balaban J connectivity index is 1.63. The second-order valence-corrected chi connectivity index (χ2v) is 6.84. The number of piperidine rings is 1. The van der Waals surface area contributed by atoms with E-state index in [1.807, 2.05) is 6.07 Å². The summed E-state index contributed by atoms with van der Waals surface area (Å²) in [5, 5.41) is 0. The van der Waals surface area contributed by atoms with Gasteiger partial charge in [-0.15, -0.1) is 0 Å². The minimum atomic E-state index is -0.610. The summed E-state index contributed by atoms with van der Waals surface area (Å²) in [5.74, 6) is 0.201.